The van der Waals surface area contributed by atoms with E-state index in [0.717, 1.165) is 5.56 Å². The number of halogens is 1. The minimum absolute atomic E-state index is 0.0161. The summed E-state index contributed by atoms with van der Waals surface area (Å²) in [5.41, 5.74) is 1.47. The van der Waals surface area contributed by atoms with E-state index in [-0.39, 0.29) is 24.0 Å². The quantitative estimate of drug-likeness (QED) is 0.707. The lowest BCUT2D eigenvalue weighted by Gasteiger charge is -2.07. The highest BCUT2D eigenvalue weighted by Gasteiger charge is 2.07. The van der Waals surface area contributed by atoms with Gasteiger partial charge in [-0.3, -0.25) is 0 Å². The van der Waals surface area contributed by atoms with Gasteiger partial charge < -0.3 is 15.3 Å². The Morgan fingerprint density at radius 2 is 1.71 bits per heavy atom. The second-order valence-electron chi connectivity index (χ2n) is 3.03. The van der Waals surface area contributed by atoms with E-state index in [9.17, 15) is 5.11 Å². The summed E-state index contributed by atoms with van der Waals surface area (Å²) in [7, 11) is 0. The molecule has 0 heterocycles. The fraction of sp³-hybridized carbons (Fsp3) is 0.400. The predicted octanol–water partition coefficient (Wildman–Crippen LogP) is 1.12. The molecule has 0 unspecified atom stereocenters. The molecule has 1 rings (SSSR count). The summed E-state index contributed by atoms with van der Waals surface area (Å²) < 4.78 is 0. The lowest BCUT2D eigenvalue weighted by molar-refractivity contribution is 0.296. The van der Waals surface area contributed by atoms with Crippen LogP contribution in [-0.4, -0.2) is 28.5 Å². The SMILES string of the molecule is OCCc1cc(Cl)c(O)c(CCO)c1. The maximum absolute atomic E-state index is 9.52. The number of rotatable bonds is 4. The number of hydrogen-bond acceptors (Lipinski definition) is 3. The molecule has 3 nitrogen and oxygen atoms in total. The number of aliphatic hydroxyl groups excluding tert-OH is 2. The van der Waals surface area contributed by atoms with Crippen LogP contribution >= 0.6 is 11.6 Å². The van der Waals surface area contributed by atoms with Crippen molar-refractivity contribution in [3.05, 3.63) is 28.3 Å². The van der Waals surface area contributed by atoms with Crippen molar-refractivity contribution in [1.29, 1.82) is 0 Å². The Morgan fingerprint density at radius 1 is 1.07 bits per heavy atom. The summed E-state index contributed by atoms with van der Waals surface area (Å²) in [4.78, 5) is 0. The minimum atomic E-state index is -0.0353. The van der Waals surface area contributed by atoms with Crippen molar-refractivity contribution in [1.82, 2.24) is 0 Å². The van der Waals surface area contributed by atoms with Gasteiger partial charge in [-0.2, -0.15) is 0 Å². The zero-order chi connectivity index (χ0) is 10.6. The first-order chi connectivity index (χ1) is 6.69. The van der Waals surface area contributed by atoms with E-state index in [0.29, 0.717) is 18.4 Å². The number of aliphatic hydroxyl groups is 2. The molecular weight excluding hydrogens is 204 g/mol. The number of benzene rings is 1. The van der Waals surface area contributed by atoms with Crippen molar-refractivity contribution in [2.45, 2.75) is 12.8 Å². The van der Waals surface area contributed by atoms with Crippen molar-refractivity contribution in [3.63, 3.8) is 0 Å². The lowest BCUT2D eigenvalue weighted by Crippen LogP contribution is -1.96. The van der Waals surface area contributed by atoms with Gasteiger partial charge in [0.25, 0.3) is 0 Å². The Balaban J connectivity index is 3.01. The van der Waals surface area contributed by atoms with Crippen LogP contribution in [0.4, 0.5) is 0 Å². The van der Waals surface area contributed by atoms with Crippen molar-refractivity contribution < 1.29 is 15.3 Å². The van der Waals surface area contributed by atoms with Crippen LogP contribution in [0.2, 0.25) is 5.02 Å². The second-order valence-corrected chi connectivity index (χ2v) is 3.44. The van der Waals surface area contributed by atoms with Crippen LogP contribution < -0.4 is 0 Å². The van der Waals surface area contributed by atoms with E-state index >= 15 is 0 Å². The molecule has 0 amide bonds. The monoisotopic (exact) mass is 216 g/mol. The molecule has 0 aliphatic heterocycles. The summed E-state index contributed by atoms with van der Waals surface area (Å²) in [6, 6.07) is 3.36. The third-order valence-corrected chi connectivity index (χ3v) is 2.27. The topological polar surface area (TPSA) is 60.7 Å². The van der Waals surface area contributed by atoms with Crippen LogP contribution in [0.15, 0.2) is 12.1 Å². The molecule has 0 aliphatic rings. The first-order valence-corrected chi connectivity index (χ1v) is 4.78. The van der Waals surface area contributed by atoms with E-state index in [4.69, 9.17) is 21.8 Å². The van der Waals surface area contributed by atoms with Gasteiger partial charge in [0.1, 0.15) is 5.75 Å². The number of phenols is 1. The van der Waals surface area contributed by atoms with Crippen LogP contribution in [0.3, 0.4) is 0 Å². The maximum Gasteiger partial charge on any atom is 0.137 e. The van der Waals surface area contributed by atoms with Gasteiger partial charge >= 0.3 is 0 Å². The molecule has 14 heavy (non-hydrogen) atoms. The van der Waals surface area contributed by atoms with Gasteiger partial charge in [-0.1, -0.05) is 17.7 Å². The third kappa shape index (κ3) is 2.61. The van der Waals surface area contributed by atoms with Crippen LogP contribution in [0.5, 0.6) is 5.75 Å². The van der Waals surface area contributed by atoms with Gasteiger partial charge in [-0.25, -0.2) is 0 Å². The predicted molar refractivity (Wildman–Crippen MR) is 54.7 cm³/mol. The van der Waals surface area contributed by atoms with Gasteiger partial charge in [0.15, 0.2) is 0 Å². The third-order valence-electron chi connectivity index (χ3n) is 1.98. The molecule has 1 aromatic carbocycles. The summed E-state index contributed by atoms with van der Waals surface area (Å²) >= 11 is 5.78. The van der Waals surface area contributed by atoms with E-state index in [1.165, 1.54) is 0 Å². The first-order valence-electron chi connectivity index (χ1n) is 4.41. The molecule has 78 valence electrons. The fourth-order valence-electron chi connectivity index (χ4n) is 1.30. The van der Waals surface area contributed by atoms with E-state index in [1.807, 2.05) is 0 Å². The molecule has 0 fully saturated rings. The van der Waals surface area contributed by atoms with Crippen molar-refractivity contribution in [2.75, 3.05) is 13.2 Å². The molecule has 4 heteroatoms. The van der Waals surface area contributed by atoms with E-state index < -0.39 is 0 Å². The molecule has 0 saturated carbocycles. The Bertz CT molecular complexity index is 312. The Morgan fingerprint density at radius 3 is 2.29 bits per heavy atom. The standard InChI is InChI=1S/C10H13ClO3/c11-9-6-7(1-3-12)5-8(2-4-13)10(9)14/h5-6,12-14H,1-4H2. The van der Waals surface area contributed by atoms with Crippen LogP contribution in [-0.2, 0) is 12.8 Å². The van der Waals surface area contributed by atoms with Gasteiger partial charge in [-0.05, 0) is 30.0 Å². The molecule has 0 atom stereocenters. The van der Waals surface area contributed by atoms with Crippen molar-refractivity contribution in [2.24, 2.45) is 0 Å². The smallest absolute Gasteiger partial charge is 0.137 e. The summed E-state index contributed by atoms with van der Waals surface area (Å²) in [5.74, 6) is 0.0161. The fourth-order valence-corrected chi connectivity index (χ4v) is 1.56. The minimum Gasteiger partial charge on any atom is -0.506 e. The molecule has 0 aromatic heterocycles. The highest BCUT2D eigenvalue weighted by atomic mass is 35.5. The number of aromatic hydroxyl groups is 1. The molecule has 0 spiro atoms. The number of phenolic OH excluding ortho intramolecular Hbond substituents is 1. The van der Waals surface area contributed by atoms with Gasteiger partial charge in [0.2, 0.25) is 0 Å². The second kappa shape index (κ2) is 5.20. The maximum atomic E-state index is 9.52. The zero-order valence-corrected chi connectivity index (χ0v) is 8.46. The Labute approximate surface area is 87.6 Å². The molecule has 1 aromatic rings. The van der Waals surface area contributed by atoms with E-state index in [2.05, 4.69) is 0 Å². The largest absolute Gasteiger partial charge is 0.506 e. The molecule has 3 N–H and O–H groups in total. The normalized spacial score (nSPS) is 10.5. The van der Waals surface area contributed by atoms with Crippen LogP contribution in [0.1, 0.15) is 11.1 Å². The zero-order valence-electron chi connectivity index (χ0n) is 7.70. The molecule has 0 saturated heterocycles. The molecule has 0 radical (unpaired) electrons. The highest BCUT2D eigenvalue weighted by molar-refractivity contribution is 6.32. The van der Waals surface area contributed by atoms with Crippen molar-refractivity contribution >= 4 is 11.6 Å². The summed E-state index contributed by atoms with van der Waals surface area (Å²) in [6.45, 7) is 0.00609. The summed E-state index contributed by atoms with van der Waals surface area (Å²) in [5, 5.41) is 27.3. The average Bonchev–Trinajstić information content (AvgIpc) is 2.14. The molecule has 0 bridgehead atoms. The molecular formula is C10H13ClO3. The van der Waals surface area contributed by atoms with Gasteiger partial charge in [0, 0.05) is 13.2 Å². The highest BCUT2D eigenvalue weighted by Crippen LogP contribution is 2.29. The number of hydrogen-bond donors (Lipinski definition) is 3. The molecule has 0 aliphatic carbocycles. The average molecular weight is 217 g/mol. The van der Waals surface area contributed by atoms with Crippen LogP contribution in [0, 0.1) is 0 Å². The Kier molecular flexibility index (Phi) is 4.20. The Hall–Kier alpha value is -0.770. The first kappa shape index (κ1) is 11.3. The van der Waals surface area contributed by atoms with Gasteiger partial charge in [-0.15, -0.1) is 0 Å². The van der Waals surface area contributed by atoms with Gasteiger partial charge in [0.05, 0.1) is 5.02 Å². The van der Waals surface area contributed by atoms with E-state index in [1.54, 1.807) is 12.1 Å². The summed E-state index contributed by atoms with van der Waals surface area (Å²) in [6.07, 6.45) is 0.864. The van der Waals surface area contributed by atoms with Crippen molar-refractivity contribution in [3.8, 4) is 5.75 Å². The van der Waals surface area contributed by atoms with Crippen LogP contribution in [0.25, 0.3) is 0 Å². The lowest BCUT2D eigenvalue weighted by atomic mass is 10.1.